The molecule has 2 aromatic rings. The van der Waals surface area contributed by atoms with Crippen molar-refractivity contribution < 1.29 is 9.53 Å². The van der Waals surface area contributed by atoms with Crippen molar-refractivity contribution in [1.82, 2.24) is 0 Å². The van der Waals surface area contributed by atoms with Crippen molar-refractivity contribution in [2.45, 2.75) is 6.92 Å². The number of benzene rings is 2. The molecule has 0 aromatic heterocycles. The van der Waals surface area contributed by atoms with Gasteiger partial charge in [0.1, 0.15) is 6.61 Å². The Bertz CT molecular complexity index is 650. The van der Waals surface area contributed by atoms with Crippen molar-refractivity contribution >= 4 is 17.3 Å². The molecule has 0 saturated carbocycles. The Morgan fingerprint density at radius 1 is 1.20 bits per heavy atom. The van der Waals surface area contributed by atoms with E-state index in [4.69, 9.17) is 10.5 Å². The number of fused-ring (bicyclic) bond motifs is 1. The molecule has 0 saturated heterocycles. The van der Waals surface area contributed by atoms with Crippen LogP contribution in [0.5, 0.6) is 5.75 Å². The summed E-state index contributed by atoms with van der Waals surface area (Å²) in [7, 11) is 0. The average molecular weight is 268 g/mol. The largest absolute Gasteiger partial charge is 0.487 e. The van der Waals surface area contributed by atoms with Gasteiger partial charge in [0.25, 0.3) is 5.91 Å². The molecule has 0 unspecified atom stereocenters. The molecular weight excluding hydrogens is 252 g/mol. The maximum atomic E-state index is 12.6. The van der Waals surface area contributed by atoms with E-state index in [1.807, 2.05) is 43.3 Å². The van der Waals surface area contributed by atoms with Crippen LogP contribution in [0.25, 0.3) is 0 Å². The third-order valence-corrected chi connectivity index (χ3v) is 3.42. The number of carbonyl (C=O) groups is 1. The standard InChI is InChI=1S/C16H16N2O2/c1-11-5-7-12(8-6-11)16(19)18-9-10-20-15-13(17)3-2-4-14(15)18/h2-8H,9-10,17H2,1H3. The summed E-state index contributed by atoms with van der Waals surface area (Å²) in [5.74, 6) is 0.569. The van der Waals surface area contributed by atoms with Crippen LogP contribution in [0.3, 0.4) is 0 Å². The molecule has 0 aliphatic carbocycles. The molecule has 20 heavy (non-hydrogen) atoms. The van der Waals surface area contributed by atoms with Crippen molar-refractivity contribution in [2.75, 3.05) is 23.8 Å². The summed E-state index contributed by atoms with van der Waals surface area (Å²) >= 11 is 0. The monoisotopic (exact) mass is 268 g/mol. The molecule has 1 aliphatic rings. The van der Waals surface area contributed by atoms with Crippen LogP contribution in [-0.2, 0) is 0 Å². The van der Waals surface area contributed by atoms with Crippen LogP contribution in [0.1, 0.15) is 15.9 Å². The molecule has 1 aliphatic heterocycles. The number of nitrogens with two attached hydrogens (primary N) is 1. The number of anilines is 2. The van der Waals surface area contributed by atoms with E-state index < -0.39 is 0 Å². The third-order valence-electron chi connectivity index (χ3n) is 3.42. The number of amides is 1. The number of para-hydroxylation sites is 1. The molecule has 0 radical (unpaired) electrons. The maximum Gasteiger partial charge on any atom is 0.258 e. The Kier molecular flexibility index (Phi) is 3.06. The van der Waals surface area contributed by atoms with Gasteiger partial charge in [0.05, 0.1) is 17.9 Å². The van der Waals surface area contributed by atoms with Gasteiger partial charge in [-0.3, -0.25) is 4.79 Å². The van der Waals surface area contributed by atoms with Crippen LogP contribution in [0.15, 0.2) is 42.5 Å². The van der Waals surface area contributed by atoms with E-state index in [2.05, 4.69) is 0 Å². The minimum Gasteiger partial charge on any atom is -0.487 e. The van der Waals surface area contributed by atoms with E-state index >= 15 is 0 Å². The van der Waals surface area contributed by atoms with Gasteiger partial charge < -0.3 is 15.4 Å². The number of nitrogens with zero attached hydrogens (tertiary/aromatic N) is 1. The highest BCUT2D eigenvalue weighted by Crippen LogP contribution is 2.37. The Hall–Kier alpha value is -2.49. The van der Waals surface area contributed by atoms with Crippen LogP contribution >= 0.6 is 0 Å². The number of hydrogen-bond donors (Lipinski definition) is 1. The summed E-state index contributed by atoms with van der Waals surface area (Å²) in [6.07, 6.45) is 0. The molecule has 4 nitrogen and oxygen atoms in total. The SMILES string of the molecule is Cc1ccc(C(=O)N2CCOc3c(N)cccc32)cc1. The normalized spacial score (nSPS) is 13.6. The van der Waals surface area contributed by atoms with E-state index in [1.165, 1.54) is 0 Å². The van der Waals surface area contributed by atoms with Crippen LogP contribution in [0.2, 0.25) is 0 Å². The van der Waals surface area contributed by atoms with Gasteiger partial charge in [-0.15, -0.1) is 0 Å². The van der Waals surface area contributed by atoms with Crippen molar-refractivity contribution in [3.05, 3.63) is 53.6 Å². The number of aryl methyl sites for hydroxylation is 1. The second-order valence-electron chi connectivity index (χ2n) is 4.87. The molecular formula is C16H16N2O2. The van der Waals surface area contributed by atoms with E-state index in [1.54, 1.807) is 11.0 Å². The highest BCUT2D eigenvalue weighted by molar-refractivity contribution is 6.07. The van der Waals surface area contributed by atoms with Crippen molar-refractivity contribution in [3.8, 4) is 5.75 Å². The minimum atomic E-state index is -0.0276. The lowest BCUT2D eigenvalue weighted by atomic mass is 10.1. The number of ether oxygens (including phenoxy) is 1. The average Bonchev–Trinajstić information content (AvgIpc) is 2.47. The first-order valence-corrected chi connectivity index (χ1v) is 6.56. The van der Waals surface area contributed by atoms with Gasteiger partial charge >= 0.3 is 0 Å². The fourth-order valence-electron chi connectivity index (χ4n) is 2.33. The molecule has 1 amide bonds. The first-order valence-electron chi connectivity index (χ1n) is 6.56. The second-order valence-corrected chi connectivity index (χ2v) is 4.87. The van der Waals surface area contributed by atoms with Gasteiger partial charge in [-0.1, -0.05) is 23.8 Å². The van der Waals surface area contributed by atoms with Gasteiger partial charge in [-0.2, -0.15) is 0 Å². The highest BCUT2D eigenvalue weighted by atomic mass is 16.5. The molecule has 0 bridgehead atoms. The van der Waals surface area contributed by atoms with Crippen LogP contribution < -0.4 is 15.4 Å². The van der Waals surface area contributed by atoms with Gasteiger partial charge in [0.15, 0.2) is 5.75 Å². The Morgan fingerprint density at radius 3 is 2.70 bits per heavy atom. The molecule has 3 rings (SSSR count). The predicted octanol–water partition coefficient (Wildman–Crippen LogP) is 2.62. The number of rotatable bonds is 1. The fraction of sp³-hybridized carbons (Fsp3) is 0.188. The molecule has 0 atom stereocenters. The van der Waals surface area contributed by atoms with E-state index in [-0.39, 0.29) is 5.91 Å². The number of hydrogen-bond acceptors (Lipinski definition) is 3. The lowest BCUT2D eigenvalue weighted by Gasteiger charge is -2.30. The second kappa shape index (κ2) is 4.89. The summed E-state index contributed by atoms with van der Waals surface area (Å²) < 4.78 is 5.57. The molecule has 2 aromatic carbocycles. The molecule has 2 N–H and O–H groups in total. The molecule has 102 valence electrons. The van der Waals surface area contributed by atoms with E-state index in [9.17, 15) is 4.79 Å². The summed E-state index contributed by atoms with van der Waals surface area (Å²) in [6.45, 7) is 2.99. The molecule has 0 fully saturated rings. The first-order chi connectivity index (χ1) is 9.66. The van der Waals surface area contributed by atoms with Gasteiger partial charge in [-0.25, -0.2) is 0 Å². The topological polar surface area (TPSA) is 55.6 Å². The smallest absolute Gasteiger partial charge is 0.258 e. The van der Waals surface area contributed by atoms with Gasteiger partial charge in [0.2, 0.25) is 0 Å². The van der Waals surface area contributed by atoms with E-state index in [0.717, 1.165) is 11.3 Å². The number of carbonyl (C=O) groups excluding carboxylic acids is 1. The summed E-state index contributed by atoms with van der Waals surface area (Å²) in [5.41, 5.74) is 9.00. The molecule has 1 heterocycles. The Balaban J connectivity index is 1.98. The minimum absolute atomic E-state index is 0.0276. The first kappa shape index (κ1) is 12.5. The zero-order valence-electron chi connectivity index (χ0n) is 11.3. The third kappa shape index (κ3) is 2.09. The fourth-order valence-corrected chi connectivity index (χ4v) is 2.33. The molecule has 4 heteroatoms. The highest BCUT2D eigenvalue weighted by Gasteiger charge is 2.25. The molecule has 0 spiro atoms. The number of nitrogen functional groups attached to an aromatic ring is 1. The zero-order chi connectivity index (χ0) is 14.1. The van der Waals surface area contributed by atoms with Gasteiger partial charge in [-0.05, 0) is 31.2 Å². The van der Waals surface area contributed by atoms with Crippen LogP contribution in [-0.4, -0.2) is 19.1 Å². The van der Waals surface area contributed by atoms with Crippen LogP contribution in [0, 0.1) is 6.92 Å². The Morgan fingerprint density at radius 2 is 1.95 bits per heavy atom. The van der Waals surface area contributed by atoms with Crippen molar-refractivity contribution in [2.24, 2.45) is 0 Å². The quantitative estimate of drug-likeness (QED) is 0.809. The van der Waals surface area contributed by atoms with Crippen LogP contribution in [0.4, 0.5) is 11.4 Å². The maximum absolute atomic E-state index is 12.6. The Labute approximate surface area is 117 Å². The summed E-state index contributed by atoms with van der Waals surface area (Å²) in [5, 5.41) is 0. The lowest BCUT2D eigenvalue weighted by Crippen LogP contribution is -2.38. The van der Waals surface area contributed by atoms with Gasteiger partial charge in [0, 0.05) is 5.56 Å². The van der Waals surface area contributed by atoms with E-state index in [0.29, 0.717) is 30.2 Å². The lowest BCUT2D eigenvalue weighted by molar-refractivity contribution is 0.0977. The summed E-state index contributed by atoms with van der Waals surface area (Å²) in [4.78, 5) is 14.3. The van der Waals surface area contributed by atoms with Crippen molar-refractivity contribution in [3.63, 3.8) is 0 Å². The van der Waals surface area contributed by atoms with Crippen molar-refractivity contribution in [1.29, 1.82) is 0 Å². The zero-order valence-corrected chi connectivity index (χ0v) is 11.3. The predicted molar refractivity (Wildman–Crippen MR) is 79.2 cm³/mol. The summed E-state index contributed by atoms with van der Waals surface area (Å²) in [6, 6.07) is 13.0.